The number of aromatic carboxylic acids is 1. The summed E-state index contributed by atoms with van der Waals surface area (Å²) in [5, 5.41) is 12.0. The molecule has 0 bridgehead atoms. The van der Waals surface area contributed by atoms with Crippen molar-refractivity contribution in [2.24, 2.45) is 0 Å². The Morgan fingerprint density at radius 2 is 2.55 bits per heavy atom. The van der Waals surface area contributed by atoms with Crippen LogP contribution in [0.4, 0.5) is 0 Å². The molecule has 0 amide bonds. The predicted octanol–water partition coefficient (Wildman–Crippen LogP) is 1.33. The molecule has 0 aliphatic carbocycles. The fourth-order valence-corrected chi connectivity index (χ4v) is 0.846. The third-order valence-corrected chi connectivity index (χ3v) is 1.35. The van der Waals surface area contributed by atoms with Gasteiger partial charge in [-0.1, -0.05) is 12.1 Å². The van der Waals surface area contributed by atoms with Crippen LogP contribution >= 0.6 is 0 Å². The molecule has 0 atom stereocenters. The summed E-state index contributed by atoms with van der Waals surface area (Å²) in [7, 11) is 0. The Morgan fingerprint density at radius 3 is 3.09 bits per heavy atom. The first-order valence-corrected chi connectivity index (χ1v) is 3.42. The molecule has 0 aromatic carbocycles. The van der Waals surface area contributed by atoms with Crippen LogP contribution in [0, 0.1) is 0 Å². The van der Waals surface area contributed by atoms with Crippen molar-refractivity contribution in [1.82, 2.24) is 5.16 Å². The number of nitrogens with zero attached hydrogens (tertiary/aromatic N) is 1. The van der Waals surface area contributed by atoms with E-state index in [1.54, 1.807) is 0 Å². The molecule has 11 heavy (non-hydrogen) atoms. The van der Waals surface area contributed by atoms with E-state index in [9.17, 15) is 4.79 Å². The maximum atomic E-state index is 10.5. The number of aryl methyl sites for hydroxylation is 1. The second-order valence-corrected chi connectivity index (χ2v) is 2.22. The summed E-state index contributed by atoms with van der Waals surface area (Å²) in [6.07, 6.45) is 2.71. The maximum Gasteiger partial charge on any atom is 0.340 e. The molecule has 1 aromatic heterocycles. The van der Waals surface area contributed by atoms with Crippen LogP contribution in [0.1, 0.15) is 29.5 Å². The van der Waals surface area contributed by atoms with E-state index in [-0.39, 0.29) is 5.56 Å². The number of rotatable bonds is 3. The van der Waals surface area contributed by atoms with E-state index in [4.69, 9.17) is 9.63 Å². The minimum absolute atomic E-state index is 0.173. The topological polar surface area (TPSA) is 63.3 Å². The van der Waals surface area contributed by atoms with Crippen LogP contribution in [0.3, 0.4) is 0 Å². The van der Waals surface area contributed by atoms with Crippen LogP contribution < -0.4 is 0 Å². The molecular formula is C7H9NO3. The van der Waals surface area contributed by atoms with Gasteiger partial charge in [0.1, 0.15) is 5.56 Å². The molecule has 1 N–H and O–H groups in total. The van der Waals surface area contributed by atoms with E-state index in [2.05, 4.69) is 5.16 Å². The number of hydrogen-bond acceptors (Lipinski definition) is 3. The summed E-state index contributed by atoms with van der Waals surface area (Å²) in [4.78, 5) is 10.5. The Morgan fingerprint density at radius 1 is 1.82 bits per heavy atom. The van der Waals surface area contributed by atoms with Gasteiger partial charge in [0, 0.05) is 6.42 Å². The summed E-state index contributed by atoms with van der Waals surface area (Å²) in [6.45, 7) is 1.95. The Kier molecular flexibility index (Phi) is 2.25. The van der Waals surface area contributed by atoms with Gasteiger partial charge in [-0.2, -0.15) is 0 Å². The van der Waals surface area contributed by atoms with E-state index in [1.807, 2.05) is 6.92 Å². The van der Waals surface area contributed by atoms with Crippen LogP contribution in [0.2, 0.25) is 0 Å². The largest absolute Gasteiger partial charge is 0.478 e. The van der Waals surface area contributed by atoms with Crippen LogP contribution in [0.25, 0.3) is 0 Å². The Balaban J connectivity index is 2.87. The van der Waals surface area contributed by atoms with Crippen molar-refractivity contribution in [2.45, 2.75) is 19.8 Å². The van der Waals surface area contributed by atoms with E-state index in [0.29, 0.717) is 12.2 Å². The average Bonchev–Trinajstić information content (AvgIpc) is 2.36. The molecule has 0 saturated carbocycles. The van der Waals surface area contributed by atoms with Gasteiger partial charge >= 0.3 is 5.97 Å². The highest BCUT2D eigenvalue weighted by molar-refractivity contribution is 5.88. The normalized spacial score (nSPS) is 9.91. The molecule has 0 saturated heterocycles. The lowest BCUT2D eigenvalue weighted by atomic mass is 10.2. The lowest BCUT2D eigenvalue weighted by molar-refractivity contribution is 0.0694. The molecule has 0 fully saturated rings. The SMILES string of the molecule is CCCc1oncc1C(=O)O. The Hall–Kier alpha value is -1.32. The lowest BCUT2D eigenvalue weighted by Gasteiger charge is -1.91. The number of carboxylic acids is 1. The molecule has 0 spiro atoms. The van der Waals surface area contributed by atoms with Gasteiger partial charge in [-0.3, -0.25) is 0 Å². The fourth-order valence-electron chi connectivity index (χ4n) is 0.846. The summed E-state index contributed by atoms with van der Waals surface area (Å²) >= 11 is 0. The summed E-state index contributed by atoms with van der Waals surface area (Å²) in [5.74, 6) is -0.519. The zero-order valence-corrected chi connectivity index (χ0v) is 6.20. The first-order valence-electron chi connectivity index (χ1n) is 3.42. The Bertz CT molecular complexity index is 254. The average molecular weight is 155 g/mol. The third kappa shape index (κ3) is 1.58. The number of aromatic nitrogens is 1. The summed E-state index contributed by atoms with van der Waals surface area (Å²) in [5.41, 5.74) is 0.173. The quantitative estimate of drug-likeness (QED) is 0.715. The molecule has 0 unspecified atom stereocenters. The third-order valence-electron chi connectivity index (χ3n) is 1.35. The maximum absolute atomic E-state index is 10.5. The highest BCUT2D eigenvalue weighted by Gasteiger charge is 2.13. The molecule has 1 rings (SSSR count). The second-order valence-electron chi connectivity index (χ2n) is 2.22. The van der Waals surface area contributed by atoms with Crippen molar-refractivity contribution >= 4 is 5.97 Å². The molecule has 4 nitrogen and oxygen atoms in total. The van der Waals surface area contributed by atoms with Crippen molar-refractivity contribution in [2.75, 3.05) is 0 Å². The predicted molar refractivity (Wildman–Crippen MR) is 37.5 cm³/mol. The van der Waals surface area contributed by atoms with Crippen molar-refractivity contribution in [3.8, 4) is 0 Å². The van der Waals surface area contributed by atoms with E-state index >= 15 is 0 Å². The molecule has 0 aliphatic heterocycles. The molecule has 1 aromatic rings. The van der Waals surface area contributed by atoms with Gasteiger partial charge in [0.2, 0.25) is 0 Å². The van der Waals surface area contributed by atoms with Gasteiger partial charge in [-0.15, -0.1) is 0 Å². The van der Waals surface area contributed by atoms with Gasteiger partial charge in [-0.05, 0) is 6.42 Å². The van der Waals surface area contributed by atoms with Gasteiger partial charge in [-0.25, -0.2) is 4.79 Å². The molecule has 0 aliphatic rings. The second kappa shape index (κ2) is 3.18. The number of carboxylic acid groups (broad SMARTS) is 1. The van der Waals surface area contributed by atoms with Gasteiger partial charge in [0.25, 0.3) is 0 Å². The van der Waals surface area contributed by atoms with Crippen molar-refractivity contribution in [3.63, 3.8) is 0 Å². The van der Waals surface area contributed by atoms with Crippen LogP contribution in [-0.2, 0) is 6.42 Å². The fraction of sp³-hybridized carbons (Fsp3) is 0.429. The molecular weight excluding hydrogens is 146 g/mol. The van der Waals surface area contributed by atoms with Gasteiger partial charge in [0.05, 0.1) is 6.20 Å². The summed E-state index contributed by atoms with van der Waals surface area (Å²) < 4.78 is 4.74. The molecule has 0 radical (unpaired) electrons. The summed E-state index contributed by atoms with van der Waals surface area (Å²) in [6, 6.07) is 0. The minimum atomic E-state index is -0.977. The monoisotopic (exact) mass is 155 g/mol. The van der Waals surface area contributed by atoms with Crippen molar-refractivity contribution < 1.29 is 14.4 Å². The Labute approximate surface area is 63.8 Å². The smallest absolute Gasteiger partial charge is 0.340 e. The zero-order valence-electron chi connectivity index (χ0n) is 6.20. The lowest BCUT2D eigenvalue weighted by Crippen LogP contribution is -1.98. The highest BCUT2D eigenvalue weighted by Crippen LogP contribution is 2.09. The van der Waals surface area contributed by atoms with Crippen LogP contribution in [0.15, 0.2) is 10.7 Å². The van der Waals surface area contributed by atoms with Crippen molar-refractivity contribution in [1.29, 1.82) is 0 Å². The van der Waals surface area contributed by atoms with E-state index < -0.39 is 5.97 Å². The van der Waals surface area contributed by atoms with E-state index in [1.165, 1.54) is 6.20 Å². The number of carbonyl (C=O) groups is 1. The molecule has 1 heterocycles. The van der Waals surface area contributed by atoms with E-state index in [0.717, 1.165) is 6.42 Å². The highest BCUT2D eigenvalue weighted by atomic mass is 16.5. The van der Waals surface area contributed by atoms with Gasteiger partial charge < -0.3 is 9.63 Å². The molecule has 60 valence electrons. The first kappa shape index (κ1) is 7.78. The zero-order chi connectivity index (χ0) is 8.27. The molecule has 4 heteroatoms. The van der Waals surface area contributed by atoms with Crippen LogP contribution in [0.5, 0.6) is 0 Å². The standard InChI is InChI=1S/C7H9NO3/c1-2-3-6-5(7(9)10)4-8-11-6/h4H,2-3H2,1H3,(H,9,10). The number of hydrogen-bond donors (Lipinski definition) is 1. The van der Waals surface area contributed by atoms with Gasteiger partial charge in [0.15, 0.2) is 5.76 Å². The van der Waals surface area contributed by atoms with Crippen LogP contribution in [-0.4, -0.2) is 16.2 Å². The van der Waals surface area contributed by atoms with Crippen molar-refractivity contribution in [3.05, 3.63) is 17.5 Å². The minimum Gasteiger partial charge on any atom is -0.478 e. The first-order chi connectivity index (χ1) is 5.25.